The third-order valence-corrected chi connectivity index (χ3v) is 9.06. The number of hydrogen-bond acceptors (Lipinski definition) is 6. The van der Waals surface area contributed by atoms with Crippen LogP contribution in [0.25, 0.3) is 0 Å². The van der Waals surface area contributed by atoms with E-state index in [1.165, 1.54) is 70.6 Å². The number of nitrogens with zero attached hydrogens (tertiary/aromatic N) is 1. The van der Waals surface area contributed by atoms with E-state index in [0.29, 0.717) is 19.3 Å². The molecule has 0 aromatic carbocycles. The Morgan fingerprint density at radius 2 is 1.06 bits per heavy atom. The molecular weight excluding hydrogens is 666 g/mol. The zero-order chi connectivity index (χ0) is 39.3. The Labute approximate surface area is 324 Å². The molecule has 0 amide bonds. The van der Waals surface area contributed by atoms with Gasteiger partial charge in [0.2, 0.25) is 0 Å². The van der Waals surface area contributed by atoms with Crippen LogP contribution in [0.1, 0.15) is 155 Å². The second-order valence-electron chi connectivity index (χ2n) is 15.0. The van der Waals surface area contributed by atoms with E-state index in [2.05, 4.69) is 26.0 Å². The summed E-state index contributed by atoms with van der Waals surface area (Å²) in [5.41, 5.74) is 0. The fourth-order valence-electron chi connectivity index (χ4n) is 5.82. The van der Waals surface area contributed by atoms with Crippen molar-refractivity contribution in [3.63, 3.8) is 0 Å². The number of ether oxygens (including phenoxy) is 3. The molecule has 0 aliphatic carbocycles. The summed E-state index contributed by atoms with van der Waals surface area (Å²) >= 11 is 0. The third-order valence-electron chi connectivity index (χ3n) is 9.06. The molecule has 0 aliphatic rings. The predicted molar refractivity (Wildman–Crippen MR) is 220 cm³/mol. The van der Waals surface area contributed by atoms with Crippen molar-refractivity contribution in [2.45, 2.75) is 167 Å². The van der Waals surface area contributed by atoms with E-state index in [1.54, 1.807) is 0 Å². The molecule has 0 heterocycles. The van der Waals surface area contributed by atoms with Gasteiger partial charge in [0.25, 0.3) is 0 Å². The van der Waals surface area contributed by atoms with Crippen LogP contribution in [0.5, 0.6) is 0 Å². The van der Waals surface area contributed by atoms with Crippen LogP contribution in [0.3, 0.4) is 0 Å². The number of hydrogen-bond donors (Lipinski definition) is 1. The highest BCUT2D eigenvalue weighted by molar-refractivity contribution is 5.72. The smallest absolute Gasteiger partial charge is 0.362 e. The van der Waals surface area contributed by atoms with Gasteiger partial charge in [0.1, 0.15) is 6.61 Å². The van der Waals surface area contributed by atoms with Gasteiger partial charge >= 0.3 is 17.9 Å². The molecule has 53 heavy (non-hydrogen) atoms. The second kappa shape index (κ2) is 36.0. The van der Waals surface area contributed by atoms with Crippen LogP contribution in [-0.4, -0.2) is 80.6 Å². The molecule has 2 unspecified atom stereocenters. The number of carbonyl (C=O) groups excluding carboxylic acids is 2. The monoisotopic (exact) mass is 745 g/mol. The van der Waals surface area contributed by atoms with Gasteiger partial charge in [0, 0.05) is 19.3 Å². The van der Waals surface area contributed by atoms with Crippen molar-refractivity contribution < 1.29 is 38.2 Å². The largest absolute Gasteiger partial charge is 0.477 e. The summed E-state index contributed by atoms with van der Waals surface area (Å²) < 4.78 is 17.2. The average molecular weight is 745 g/mol. The molecule has 0 fully saturated rings. The van der Waals surface area contributed by atoms with Gasteiger partial charge in [-0.2, -0.15) is 0 Å². The maximum atomic E-state index is 12.7. The number of allylic oxidation sites excluding steroid dienone is 10. The van der Waals surface area contributed by atoms with Gasteiger partial charge < -0.3 is 23.8 Å². The fourth-order valence-corrected chi connectivity index (χ4v) is 5.82. The minimum Gasteiger partial charge on any atom is -0.477 e. The summed E-state index contributed by atoms with van der Waals surface area (Å²) in [6.07, 6.45) is 42.6. The standard InChI is InChI=1S/C45H77NO7/c1-6-8-10-12-14-16-18-20-22-24-25-27-29-31-33-35-43(47)52-40-41(39-51-38-37-42(45(49)50)46(3,4)5)53-44(48)36-34-32-30-28-26-23-21-19-17-15-13-11-9-7-2/h8,10,12,14,16,18,20,22,24-25,41-42H,6-7,9,11,13,15,17,19,21,23,26-40H2,1-5H3/p+1/b10-8+,14-12+,18-16+,22-20+,25-24+. The molecule has 0 rings (SSSR count). The lowest BCUT2D eigenvalue weighted by Crippen LogP contribution is -2.50. The molecule has 0 aromatic heterocycles. The Hall–Kier alpha value is -2.97. The van der Waals surface area contributed by atoms with Crippen molar-refractivity contribution in [3.8, 4) is 0 Å². The summed E-state index contributed by atoms with van der Waals surface area (Å²) in [6.45, 7) is 4.54. The summed E-state index contributed by atoms with van der Waals surface area (Å²) in [5.74, 6) is -1.52. The summed E-state index contributed by atoms with van der Waals surface area (Å²) in [7, 11) is 5.50. The van der Waals surface area contributed by atoms with E-state index in [0.717, 1.165) is 51.4 Å². The summed E-state index contributed by atoms with van der Waals surface area (Å²) in [4.78, 5) is 36.9. The lowest BCUT2D eigenvalue weighted by molar-refractivity contribution is -0.887. The van der Waals surface area contributed by atoms with Crippen LogP contribution in [0.4, 0.5) is 0 Å². The van der Waals surface area contributed by atoms with Gasteiger partial charge in [-0.1, -0.05) is 164 Å². The fraction of sp³-hybridized carbons (Fsp3) is 0.711. The molecule has 8 heteroatoms. The van der Waals surface area contributed by atoms with Crippen molar-refractivity contribution in [1.82, 2.24) is 0 Å². The Balaban J connectivity index is 4.46. The maximum Gasteiger partial charge on any atom is 0.362 e. The van der Waals surface area contributed by atoms with E-state index < -0.39 is 18.1 Å². The van der Waals surface area contributed by atoms with E-state index in [1.807, 2.05) is 69.8 Å². The number of carbonyl (C=O) groups is 3. The maximum absolute atomic E-state index is 12.7. The highest BCUT2D eigenvalue weighted by Gasteiger charge is 2.31. The Morgan fingerprint density at radius 1 is 0.585 bits per heavy atom. The molecule has 304 valence electrons. The molecule has 2 atom stereocenters. The number of quaternary nitrogens is 1. The molecule has 0 saturated heterocycles. The van der Waals surface area contributed by atoms with Crippen LogP contribution in [0, 0.1) is 0 Å². The van der Waals surface area contributed by atoms with Crippen LogP contribution < -0.4 is 0 Å². The SMILES string of the molecule is CC/C=C/C=C/C=C/C=C/C=C/CCCCCC(=O)OCC(COCCC(C(=O)O)[N+](C)(C)C)OC(=O)CCCCCCCCCCCCCCCC. The van der Waals surface area contributed by atoms with E-state index in [9.17, 15) is 19.5 Å². The zero-order valence-corrected chi connectivity index (χ0v) is 34.4. The lowest BCUT2D eigenvalue weighted by Gasteiger charge is -2.31. The molecule has 0 saturated carbocycles. The van der Waals surface area contributed by atoms with Crippen LogP contribution in [0.15, 0.2) is 60.8 Å². The van der Waals surface area contributed by atoms with Crippen LogP contribution in [-0.2, 0) is 28.6 Å². The minimum absolute atomic E-state index is 0.0464. The molecular formula is C45H78NO7+. The first-order chi connectivity index (χ1) is 25.6. The Morgan fingerprint density at radius 3 is 1.57 bits per heavy atom. The Bertz CT molecular complexity index is 1050. The Kier molecular flexibility index (Phi) is 34.0. The van der Waals surface area contributed by atoms with Crippen LogP contribution in [0.2, 0.25) is 0 Å². The zero-order valence-electron chi connectivity index (χ0n) is 34.4. The third kappa shape index (κ3) is 34.5. The van der Waals surface area contributed by atoms with E-state index in [4.69, 9.17) is 14.2 Å². The van der Waals surface area contributed by atoms with Crippen molar-refractivity contribution in [2.24, 2.45) is 0 Å². The predicted octanol–water partition coefficient (Wildman–Crippen LogP) is 11.0. The van der Waals surface area contributed by atoms with Crippen molar-refractivity contribution >= 4 is 17.9 Å². The van der Waals surface area contributed by atoms with E-state index in [-0.39, 0.29) is 36.2 Å². The molecule has 1 N–H and O–H groups in total. The number of carboxylic acid groups (broad SMARTS) is 1. The van der Waals surface area contributed by atoms with Gasteiger partial charge in [0.15, 0.2) is 12.1 Å². The van der Waals surface area contributed by atoms with Crippen molar-refractivity contribution in [1.29, 1.82) is 0 Å². The van der Waals surface area contributed by atoms with Gasteiger partial charge in [-0.3, -0.25) is 9.59 Å². The summed E-state index contributed by atoms with van der Waals surface area (Å²) in [5, 5.41) is 9.60. The summed E-state index contributed by atoms with van der Waals surface area (Å²) in [6, 6.07) is -0.621. The van der Waals surface area contributed by atoms with Gasteiger partial charge in [-0.05, 0) is 32.1 Å². The average Bonchev–Trinajstić information content (AvgIpc) is 3.11. The highest BCUT2D eigenvalue weighted by atomic mass is 16.6. The van der Waals surface area contributed by atoms with E-state index >= 15 is 0 Å². The second-order valence-corrected chi connectivity index (χ2v) is 15.0. The lowest BCUT2D eigenvalue weighted by atomic mass is 10.0. The molecule has 0 aliphatic heterocycles. The molecule has 0 radical (unpaired) electrons. The van der Waals surface area contributed by atoms with Gasteiger partial charge in [0.05, 0.1) is 34.4 Å². The minimum atomic E-state index is -0.883. The topological polar surface area (TPSA) is 99.1 Å². The first kappa shape index (κ1) is 50.0. The number of rotatable bonds is 36. The molecule has 0 aromatic rings. The molecule has 0 spiro atoms. The normalized spacial score (nSPS) is 13.6. The highest BCUT2D eigenvalue weighted by Crippen LogP contribution is 2.14. The molecule has 8 nitrogen and oxygen atoms in total. The number of unbranched alkanes of at least 4 members (excludes halogenated alkanes) is 16. The van der Waals surface area contributed by atoms with Crippen LogP contribution >= 0.6 is 0 Å². The first-order valence-electron chi connectivity index (χ1n) is 20.9. The molecule has 0 bridgehead atoms. The number of carboxylic acids is 1. The quantitative estimate of drug-likeness (QED) is 0.0295. The number of aliphatic carboxylic acids is 1. The first-order valence-corrected chi connectivity index (χ1v) is 20.9. The van der Waals surface area contributed by atoms with Crippen molar-refractivity contribution in [2.75, 3.05) is 41.0 Å². The van der Waals surface area contributed by atoms with Gasteiger partial charge in [-0.15, -0.1) is 0 Å². The number of likely N-dealkylation sites (N-methyl/N-ethyl adjacent to an activating group) is 1. The van der Waals surface area contributed by atoms with Gasteiger partial charge in [-0.25, -0.2) is 4.79 Å². The van der Waals surface area contributed by atoms with Crippen molar-refractivity contribution in [3.05, 3.63) is 60.8 Å². The number of esters is 2.